The van der Waals surface area contributed by atoms with E-state index >= 15 is 0 Å². The van der Waals surface area contributed by atoms with Gasteiger partial charge in [0.2, 0.25) is 0 Å². The highest BCUT2D eigenvalue weighted by Crippen LogP contribution is 2.28. The highest BCUT2D eigenvalue weighted by Gasteiger charge is 2.39. The van der Waals surface area contributed by atoms with Crippen molar-refractivity contribution in [1.82, 2.24) is 4.31 Å². The van der Waals surface area contributed by atoms with Crippen molar-refractivity contribution >= 4 is 27.7 Å². The molecule has 2 unspecified atom stereocenters. The van der Waals surface area contributed by atoms with Crippen molar-refractivity contribution in [3.63, 3.8) is 0 Å². The topological polar surface area (TPSA) is 101 Å². The number of primary amides is 1. The number of nitrogens with two attached hydrogens (primary N) is 1. The second kappa shape index (κ2) is 6.21. The number of halogens is 1. The van der Waals surface area contributed by atoms with E-state index < -0.39 is 28.2 Å². The molecule has 1 aromatic carbocycles. The molecule has 0 spiro atoms. The molecule has 2 amide bonds. The monoisotopic (exact) mass is 332 g/mol. The number of nitrogens with zero attached hydrogens (tertiary/aromatic N) is 1. The smallest absolute Gasteiger partial charge is 0.329 e. The zero-order valence-corrected chi connectivity index (χ0v) is 12.8. The quantitative estimate of drug-likeness (QED) is 0.879. The molecule has 0 aliphatic heterocycles. The Kier molecular flexibility index (Phi) is 4.75. The summed E-state index contributed by atoms with van der Waals surface area (Å²) in [7, 11) is -4.11. The molecule has 0 aromatic heterocycles. The lowest BCUT2D eigenvalue weighted by Crippen LogP contribution is -2.53. The Bertz CT molecular complexity index is 618. The number of carbonyl (C=O) groups excluding carboxylic acids is 1. The maximum atomic E-state index is 12.6. The molecule has 6 nitrogen and oxygen atoms in total. The van der Waals surface area contributed by atoms with E-state index in [9.17, 15) is 18.3 Å². The first-order valence-corrected chi connectivity index (χ1v) is 8.43. The Morgan fingerprint density at radius 1 is 1.24 bits per heavy atom. The molecular formula is C13H17ClN2O4S. The molecule has 0 radical (unpaired) electrons. The molecule has 21 heavy (non-hydrogen) atoms. The van der Waals surface area contributed by atoms with Gasteiger partial charge in [0, 0.05) is 5.02 Å². The fraction of sp³-hybridized carbons (Fsp3) is 0.462. The first-order valence-electron chi connectivity index (χ1n) is 6.61. The van der Waals surface area contributed by atoms with Gasteiger partial charge in [0.25, 0.3) is 10.0 Å². The summed E-state index contributed by atoms with van der Waals surface area (Å²) in [4.78, 5) is 11.6. The Morgan fingerprint density at radius 3 is 2.33 bits per heavy atom. The second-order valence-electron chi connectivity index (χ2n) is 5.01. The third-order valence-electron chi connectivity index (χ3n) is 3.58. The minimum Gasteiger partial charge on any atom is -0.391 e. The average molecular weight is 333 g/mol. The Balaban J connectivity index is 2.41. The maximum absolute atomic E-state index is 12.6. The van der Waals surface area contributed by atoms with Crippen LogP contribution in [0, 0.1) is 0 Å². The molecule has 1 fully saturated rings. The highest BCUT2D eigenvalue weighted by atomic mass is 35.5. The number of hydrogen-bond acceptors (Lipinski definition) is 4. The summed E-state index contributed by atoms with van der Waals surface area (Å²) < 4.78 is 25.8. The molecule has 0 heterocycles. The summed E-state index contributed by atoms with van der Waals surface area (Å²) in [5.74, 6) is 0. The summed E-state index contributed by atoms with van der Waals surface area (Å²) in [5, 5.41) is 10.4. The normalized spacial score (nSPS) is 22.8. The molecule has 0 saturated heterocycles. The summed E-state index contributed by atoms with van der Waals surface area (Å²) in [5.41, 5.74) is 5.25. The van der Waals surface area contributed by atoms with Crippen LogP contribution in [0.25, 0.3) is 0 Å². The number of hydrogen-bond donors (Lipinski definition) is 2. The van der Waals surface area contributed by atoms with Gasteiger partial charge < -0.3 is 10.8 Å². The minimum absolute atomic E-state index is 0.0801. The van der Waals surface area contributed by atoms with Gasteiger partial charge in [-0.2, -0.15) is 0 Å². The third kappa shape index (κ3) is 3.30. The number of sulfonamides is 1. The number of rotatable bonds is 3. The molecule has 1 aromatic rings. The van der Waals surface area contributed by atoms with Crippen molar-refractivity contribution in [2.24, 2.45) is 5.73 Å². The van der Waals surface area contributed by atoms with E-state index in [1.54, 1.807) is 0 Å². The van der Waals surface area contributed by atoms with E-state index in [4.69, 9.17) is 17.3 Å². The number of carbonyl (C=O) groups is 1. The van der Waals surface area contributed by atoms with Gasteiger partial charge in [-0.15, -0.1) is 0 Å². The first-order chi connectivity index (χ1) is 9.84. The van der Waals surface area contributed by atoms with Crippen molar-refractivity contribution in [3.05, 3.63) is 29.3 Å². The Hall–Kier alpha value is -1.31. The van der Waals surface area contributed by atoms with E-state index in [1.807, 2.05) is 0 Å². The number of urea groups is 1. The van der Waals surface area contributed by atoms with Crippen LogP contribution in [0.5, 0.6) is 0 Å². The summed E-state index contributed by atoms with van der Waals surface area (Å²) in [6.07, 6.45) is 1.49. The SMILES string of the molecule is NC(=O)N(C1CCCCC1O)S(=O)(=O)c1ccc(Cl)cc1. The summed E-state index contributed by atoms with van der Waals surface area (Å²) in [6, 6.07) is 3.55. The van der Waals surface area contributed by atoms with E-state index in [0.717, 1.165) is 12.8 Å². The van der Waals surface area contributed by atoms with E-state index in [2.05, 4.69) is 0 Å². The Labute approximate surface area is 128 Å². The standard InChI is InChI=1S/C13H17ClN2O4S/c14-9-5-7-10(8-6-9)21(19,20)16(13(15)18)11-3-1-2-4-12(11)17/h5-8,11-12,17H,1-4H2,(H2,15,18). The van der Waals surface area contributed by atoms with Gasteiger partial charge in [-0.25, -0.2) is 17.5 Å². The van der Waals surface area contributed by atoms with Crippen LogP contribution in [0.2, 0.25) is 5.02 Å². The number of amides is 2. The summed E-state index contributed by atoms with van der Waals surface area (Å²) in [6.45, 7) is 0. The van der Waals surface area contributed by atoms with Gasteiger partial charge in [-0.3, -0.25) is 0 Å². The van der Waals surface area contributed by atoms with E-state index in [1.165, 1.54) is 24.3 Å². The molecule has 8 heteroatoms. The van der Waals surface area contributed by atoms with Crippen LogP contribution in [-0.4, -0.2) is 36.0 Å². The van der Waals surface area contributed by atoms with E-state index in [0.29, 0.717) is 22.2 Å². The lowest BCUT2D eigenvalue weighted by molar-refractivity contribution is 0.0665. The predicted molar refractivity (Wildman–Crippen MR) is 78.3 cm³/mol. The molecule has 3 N–H and O–H groups in total. The van der Waals surface area contributed by atoms with Crippen molar-refractivity contribution < 1.29 is 18.3 Å². The fourth-order valence-electron chi connectivity index (χ4n) is 2.55. The first kappa shape index (κ1) is 16.1. The van der Waals surface area contributed by atoms with Crippen molar-refractivity contribution in [3.8, 4) is 0 Å². The van der Waals surface area contributed by atoms with Crippen LogP contribution >= 0.6 is 11.6 Å². The van der Waals surface area contributed by atoms with Gasteiger partial charge in [-0.1, -0.05) is 24.4 Å². The molecule has 0 bridgehead atoms. The lowest BCUT2D eigenvalue weighted by Gasteiger charge is -2.35. The number of aliphatic hydroxyl groups is 1. The molecule has 2 rings (SSSR count). The zero-order chi connectivity index (χ0) is 15.6. The lowest BCUT2D eigenvalue weighted by atomic mass is 9.93. The molecule has 2 atom stereocenters. The van der Waals surface area contributed by atoms with Crippen LogP contribution in [-0.2, 0) is 10.0 Å². The van der Waals surface area contributed by atoms with Crippen LogP contribution in [0.3, 0.4) is 0 Å². The maximum Gasteiger partial charge on any atom is 0.329 e. The van der Waals surface area contributed by atoms with Gasteiger partial charge in [0.05, 0.1) is 17.0 Å². The average Bonchev–Trinajstić information content (AvgIpc) is 2.41. The Morgan fingerprint density at radius 2 is 1.81 bits per heavy atom. The largest absolute Gasteiger partial charge is 0.391 e. The second-order valence-corrected chi connectivity index (χ2v) is 7.26. The van der Waals surface area contributed by atoms with Crippen molar-refractivity contribution in [2.45, 2.75) is 42.7 Å². The molecule has 1 saturated carbocycles. The van der Waals surface area contributed by atoms with Crippen LogP contribution in [0.1, 0.15) is 25.7 Å². The predicted octanol–water partition coefficient (Wildman–Crippen LogP) is 1.71. The van der Waals surface area contributed by atoms with Gasteiger partial charge in [0.1, 0.15) is 0 Å². The molecule has 1 aliphatic rings. The molecule has 116 valence electrons. The van der Waals surface area contributed by atoms with Gasteiger partial charge in [-0.05, 0) is 37.1 Å². The summed E-state index contributed by atoms with van der Waals surface area (Å²) >= 11 is 5.74. The van der Waals surface area contributed by atoms with Crippen LogP contribution in [0.15, 0.2) is 29.2 Å². The molecule has 1 aliphatic carbocycles. The zero-order valence-electron chi connectivity index (χ0n) is 11.3. The van der Waals surface area contributed by atoms with Crippen LogP contribution < -0.4 is 5.73 Å². The van der Waals surface area contributed by atoms with E-state index in [-0.39, 0.29) is 4.90 Å². The van der Waals surface area contributed by atoms with Gasteiger partial charge >= 0.3 is 6.03 Å². The van der Waals surface area contributed by atoms with Gasteiger partial charge in [0.15, 0.2) is 0 Å². The minimum atomic E-state index is -4.11. The van der Waals surface area contributed by atoms with Crippen molar-refractivity contribution in [1.29, 1.82) is 0 Å². The third-order valence-corrected chi connectivity index (χ3v) is 5.67. The highest BCUT2D eigenvalue weighted by molar-refractivity contribution is 7.89. The number of benzene rings is 1. The molecular weight excluding hydrogens is 316 g/mol. The van der Waals surface area contributed by atoms with Crippen LogP contribution in [0.4, 0.5) is 4.79 Å². The number of aliphatic hydroxyl groups excluding tert-OH is 1. The van der Waals surface area contributed by atoms with Crippen molar-refractivity contribution in [2.75, 3.05) is 0 Å². The fourth-order valence-corrected chi connectivity index (χ4v) is 4.22.